The third-order valence-electron chi connectivity index (χ3n) is 9.47. The van der Waals surface area contributed by atoms with Gasteiger partial charge < -0.3 is 24.5 Å². The molecule has 1 spiro atoms. The van der Waals surface area contributed by atoms with Crippen molar-refractivity contribution < 1.29 is 24.2 Å². The maximum absolute atomic E-state index is 14.7. The Hall–Kier alpha value is -3.75. The van der Waals surface area contributed by atoms with Gasteiger partial charge in [0.05, 0.1) is 17.4 Å². The zero-order valence-corrected chi connectivity index (χ0v) is 24.5. The molecule has 220 valence electrons. The Morgan fingerprint density at radius 3 is 2.36 bits per heavy atom. The van der Waals surface area contributed by atoms with E-state index in [0.29, 0.717) is 38.9 Å². The summed E-state index contributed by atoms with van der Waals surface area (Å²) in [6.45, 7) is 6.95. The van der Waals surface area contributed by atoms with E-state index >= 15 is 0 Å². The lowest BCUT2D eigenvalue weighted by Crippen LogP contribution is -2.56. The van der Waals surface area contributed by atoms with Gasteiger partial charge in [-0.2, -0.15) is 0 Å². The normalized spacial score (nSPS) is 30.3. The third-order valence-corrected chi connectivity index (χ3v) is 9.47. The number of ether oxygens (including phenoxy) is 1. The van der Waals surface area contributed by atoms with Crippen LogP contribution < -0.4 is 9.80 Å². The molecule has 0 radical (unpaired) electrons. The molecule has 5 atom stereocenters. The fourth-order valence-electron chi connectivity index (χ4n) is 7.46. The summed E-state index contributed by atoms with van der Waals surface area (Å²) in [5, 5.41) is 9.49. The van der Waals surface area contributed by atoms with Crippen molar-refractivity contribution in [3.63, 3.8) is 0 Å². The van der Waals surface area contributed by atoms with Crippen molar-refractivity contribution in [1.29, 1.82) is 0 Å². The molecular formula is C34H39N3O5. The molecule has 4 heterocycles. The van der Waals surface area contributed by atoms with Crippen LogP contribution in [-0.2, 0) is 19.1 Å². The molecule has 1 N–H and O–H groups in total. The van der Waals surface area contributed by atoms with E-state index in [1.165, 1.54) is 0 Å². The number of carbonyl (C=O) groups excluding carboxylic acids is 3. The van der Waals surface area contributed by atoms with Crippen LogP contribution in [0.2, 0.25) is 0 Å². The van der Waals surface area contributed by atoms with Gasteiger partial charge in [-0.1, -0.05) is 61.6 Å². The van der Waals surface area contributed by atoms with Gasteiger partial charge in [0.25, 0.3) is 5.91 Å². The van der Waals surface area contributed by atoms with Crippen LogP contribution in [0.25, 0.3) is 0 Å². The topological polar surface area (TPSA) is 90.4 Å². The highest BCUT2D eigenvalue weighted by Gasteiger charge is 2.75. The minimum absolute atomic E-state index is 0.00286. The number of anilines is 2. The maximum atomic E-state index is 14.7. The first-order chi connectivity index (χ1) is 20.3. The number of nitrogens with zero attached hydrogens (tertiary/aromatic N) is 3. The molecule has 6 rings (SSSR count). The van der Waals surface area contributed by atoms with E-state index in [-0.39, 0.29) is 24.3 Å². The first-order valence-electron chi connectivity index (χ1n) is 15.0. The Kier molecular flexibility index (Phi) is 7.31. The number of para-hydroxylation sites is 1. The summed E-state index contributed by atoms with van der Waals surface area (Å²) in [5.74, 6) is -2.29. The standard InChI is InChI=1S/C34H39N3O5/c1-4-33-16-10-19-35(25-12-6-5-7-13-25)30(39)27(33)28-31(40)37(18-8-9-21-38)29-32(41)36(20-11-17-34(28,29)42-33)26-22-23(2)14-15-24(26)3/h5-7,10-17,22,27-29,38H,4,8-9,18-21H2,1-3H3/t27-,28+,29?,33+,34+/m1/s1. The number of rotatable bonds is 7. The Labute approximate surface area is 247 Å². The van der Waals surface area contributed by atoms with Crippen LogP contribution in [0.3, 0.4) is 0 Å². The number of amides is 3. The number of likely N-dealkylation sites (tertiary alicyclic amines) is 1. The van der Waals surface area contributed by atoms with Crippen LogP contribution in [0.1, 0.15) is 37.3 Å². The molecule has 0 bridgehead atoms. The zero-order valence-electron chi connectivity index (χ0n) is 24.5. The number of carbonyl (C=O) groups is 3. The lowest BCUT2D eigenvalue weighted by atomic mass is 9.73. The van der Waals surface area contributed by atoms with Crippen molar-refractivity contribution in [2.45, 2.75) is 57.3 Å². The van der Waals surface area contributed by atoms with Crippen LogP contribution in [-0.4, -0.2) is 71.2 Å². The van der Waals surface area contributed by atoms with E-state index in [0.717, 1.165) is 22.5 Å². The van der Waals surface area contributed by atoms with Crippen LogP contribution in [0.4, 0.5) is 11.4 Å². The first kappa shape index (κ1) is 28.4. The van der Waals surface area contributed by atoms with Gasteiger partial charge in [0.2, 0.25) is 11.8 Å². The Morgan fingerprint density at radius 2 is 1.62 bits per heavy atom. The van der Waals surface area contributed by atoms with E-state index < -0.39 is 29.1 Å². The van der Waals surface area contributed by atoms with Crippen LogP contribution in [0.5, 0.6) is 0 Å². The highest BCUT2D eigenvalue weighted by atomic mass is 16.5. The van der Waals surface area contributed by atoms with Gasteiger partial charge in [-0.05, 0) is 62.4 Å². The number of fused-ring (bicyclic) bond motifs is 2. The number of unbranched alkanes of at least 4 members (excludes halogenated alkanes) is 1. The SMILES string of the molecule is CC[C@]12C=CCN(c3ccccc3)C(=O)[C@H]1[C@H]1C(=O)N(CCCCO)C3C(=O)N(c4cc(C)ccc4C)CC=C[C@@]31O2. The van der Waals surface area contributed by atoms with Crippen LogP contribution >= 0.6 is 0 Å². The Morgan fingerprint density at radius 1 is 0.881 bits per heavy atom. The summed E-state index contributed by atoms with van der Waals surface area (Å²) in [4.78, 5) is 48.9. The second-order valence-corrected chi connectivity index (χ2v) is 11.9. The molecule has 42 heavy (non-hydrogen) atoms. The number of benzene rings is 2. The molecule has 4 aliphatic heterocycles. The number of aryl methyl sites for hydroxylation is 2. The molecule has 0 saturated carbocycles. The zero-order chi connectivity index (χ0) is 29.6. The van der Waals surface area contributed by atoms with Crippen molar-refractivity contribution in [3.05, 3.63) is 84.0 Å². The van der Waals surface area contributed by atoms with E-state index in [4.69, 9.17) is 4.74 Å². The molecule has 2 fully saturated rings. The Balaban J connectivity index is 1.49. The van der Waals surface area contributed by atoms with Crippen LogP contribution in [0, 0.1) is 25.7 Å². The van der Waals surface area contributed by atoms with Gasteiger partial charge in [-0.15, -0.1) is 0 Å². The van der Waals surface area contributed by atoms with Gasteiger partial charge >= 0.3 is 0 Å². The lowest BCUT2D eigenvalue weighted by molar-refractivity contribution is -0.145. The van der Waals surface area contributed by atoms with Crippen molar-refractivity contribution in [1.82, 2.24) is 4.90 Å². The fourth-order valence-corrected chi connectivity index (χ4v) is 7.46. The average Bonchev–Trinajstić information content (AvgIpc) is 3.27. The summed E-state index contributed by atoms with van der Waals surface area (Å²) >= 11 is 0. The number of aliphatic hydroxyl groups excluding tert-OH is 1. The largest absolute Gasteiger partial charge is 0.396 e. The average molecular weight is 570 g/mol. The second-order valence-electron chi connectivity index (χ2n) is 11.9. The van der Waals surface area contributed by atoms with Gasteiger partial charge in [-0.3, -0.25) is 14.4 Å². The first-order valence-corrected chi connectivity index (χ1v) is 15.0. The van der Waals surface area contributed by atoms with Crippen molar-refractivity contribution >= 4 is 29.1 Å². The fraction of sp³-hybridized carbons (Fsp3) is 0.441. The minimum atomic E-state index is -1.31. The smallest absolute Gasteiger partial charge is 0.253 e. The highest BCUT2D eigenvalue weighted by Crippen LogP contribution is 2.59. The minimum Gasteiger partial charge on any atom is -0.396 e. The highest BCUT2D eigenvalue weighted by molar-refractivity contribution is 6.08. The van der Waals surface area contributed by atoms with E-state index in [9.17, 15) is 19.5 Å². The number of hydrogen-bond acceptors (Lipinski definition) is 5. The molecule has 2 saturated heterocycles. The second kappa shape index (κ2) is 10.8. The van der Waals surface area contributed by atoms with Gasteiger partial charge in [0, 0.05) is 37.6 Å². The summed E-state index contributed by atoms with van der Waals surface area (Å²) in [7, 11) is 0. The predicted octanol–water partition coefficient (Wildman–Crippen LogP) is 3.94. The predicted molar refractivity (Wildman–Crippen MR) is 161 cm³/mol. The monoisotopic (exact) mass is 569 g/mol. The van der Waals surface area contributed by atoms with Crippen molar-refractivity contribution in [2.75, 3.05) is 36.0 Å². The van der Waals surface area contributed by atoms with E-state index in [1.807, 2.05) is 93.6 Å². The summed E-state index contributed by atoms with van der Waals surface area (Å²) in [6.07, 6.45) is 9.26. The van der Waals surface area contributed by atoms with Gasteiger partial charge in [0.15, 0.2) is 0 Å². The molecule has 4 aliphatic rings. The summed E-state index contributed by atoms with van der Waals surface area (Å²) in [6, 6.07) is 14.6. The van der Waals surface area contributed by atoms with Crippen LogP contribution in [0.15, 0.2) is 72.8 Å². The summed E-state index contributed by atoms with van der Waals surface area (Å²) < 4.78 is 7.07. The third kappa shape index (κ3) is 4.23. The molecule has 2 aromatic carbocycles. The van der Waals surface area contributed by atoms with E-state index in [1.54, 1.807) is 14.7 Å². The molecule has 1 unspecified atom stereocenters. The number of hydrogen-bond donors (Lipinski definition) is 1. The molecule has 8 nitrogen and oxygen atoms in total. The molecule has 0 aliphatic carbocycles. The molecule has 8 heteroatoms. The van der Waals surface area contributed by atoms with E-state index in [2.05, 4.69) is 0 Å². The summed E-state index contributed by atoms with van der Waals surface area (Å²) in [5.41, 5.74) is 1.22. The quantitative estimate of drug-likeness (QED) is 0.403. The lowest BCUT2D eigenvalue weighted by Gasteiger charge is -2.38. The number of aliphatic hydroxyl groups is 1. The molecular weight excluding hydrogens is 530 g/mol. The Bertz CT molecular complexity index is 1450. The van der Waals surface area contributed by atoms with Crippen molar-refractivity contribution in [2.24, 2.45) is 11.8 Å². The molecule has 2 aromatic rings. The van der Waals surface area contributed by atoms with Crippen molar-refractivity contribution in [3.8, 4) is 0 Å². The molecule has 3 amide bonds. The van der Waals surface area contributed by atoms with Gasteiger partial charge in [0.1, 0.15) is 11.6 Å². The van der Waals surface area contributed by atoms with Gasteiger partial charge in [-0.25, -0.2) is 0 Å². The maximum Gasteiger partial charge on any atom is 0.253 e. The molecule has 0 aromatic heterocycles.